The molecule has 0 radical (unpaired) electrons. The number of carbonyl (C=O) groups excluding carboxylic acids is 1. The highest BCUT2D eigenvalue weighted by Crippen LogP contribution is 2.27. The topological polar surface area (TPSA) is 50.2 Å². The van der Waals surface area contributed by atoms with Crippen LogP contribution in [0.2, 0.25) is 0 Å². The Labute approximate surface area is 132 Å². The minimum Gasteiger partial charge on any atom is -0.362 e. The van der Waals surface area contributed by atoms with E-state index in [2.05, 4.69) is 42.6 Å². The normalized spacial score (nSPS) is 14.6. The molecule has 21 heavy (non-hydrogen) atoms. The van der Waals surface area contributed by atoms with Gasteiger partial charge >= 0.3 is 0 Å². The lowest BCUT2D eigenvalue weighted by atomic mass is 10.1. The standard InChI is InChI=1S/C15H17BrN4O/c1-2-19-7-5-17-14(19)10-20-8-6-18-15(21)12-4-3-11(16)9-13(12)20/h3-5,7,9H,2,6,8,10H2,1H3,(H,18,21). The zero-order valence-electron chi connectivity index (χ0n) is 11.8. The number of hydrogen-bond donors (Lipinski definition) is 1. The monoisotopic (exact) mass is 348 g/mol. The van der Waals surface area contributed by atoms with Crippen molar-refractivity contribution in [2.75, 3.05) is 18.0 Å². The van der Waals surface area contributed by atoms with E-state index in [1.54, 1.807) is 0 Å². The molecule has 110 valence electrons. The second-order valence-corrected chi connectivity index (χ2v) is 5.88. The molecule has 3 rings (SSSR count). The van der Waals surface area contributed by atoms with Gasteiger partial charge in [-0.3, -0.25) is 4.79 Å². The minimum atomic E-state index is -0.0150. The van der Waals surface area contributed by atoms with E-state index in [1.807, 2.05) is 30.6 Å². The number of aryl methyl sites for hydroxylation is 1. The van der Waals surface area contributed by atoms with E-state index in [0.717, 1.165) is 29.1 Å². The Morgan fingerprint density at radius 3 is 3.10 bits per heavy atom. The van der Waals surface area contributed by atoms with Crippen LogP contribution in [0.25, 0.3) is 0 Å². The lowest BCUT2D eigenvalue weighted by molar-refractivity contribution is 0.0958. The molecule has 1 N–H and O–H groups in total. The van der Waals surface area contributed by atoms with Crippen LogP contribution in [-0.2, 0) is 13.1 Å². The third kappa shape index (κ3) is 2.81. The Hall–Kier alpha value is -1.82. The number of halogens is 1. The summed E-state index contributed by atoms with van der Waals surface area (Å²) in [7, 11) is 0. The summed E-state index contributed by atoms with van der Waals surface area (Å²) in [6, 6.07) is 5.76. The maximum Gasteiger partial charge on any atom is 0.253 e. The number of imidazole rings is 1. The summed E-state index contributed by atoms with van der Waals surface area (Å²) in [5.74, 6) is 0.997. The quantitative estimate of drug-likeness (QED) is 0.926. The number of aromatic nitrogens is 2. The summed E-state index contributed by atoms with van der Waals surface area (Å²) in [4.78, 5) is 18.7. The average molecular weight is 349 g/mol. The maximum atomic E-state index is 12.1. The van der Waals surface area contributed by atoms with Crippen LogP contribution in [0.3, 0.4) is 0 Å². The van der Waals surface area contributed by atoms with Crippen molar-refractivity contribution in [3.8, 4) is 0 Å². The predicted octanol–water partition coefficient (Wildman–Crippen LogP) is 2.42. The second-order valence-electron chi connectivity index (χ2n) is 4.97. The molecule has 2 heterocycles. The van der Waals surface area contributed by atoms with Crippen LogP contribution in [-0.4, -0.2) is 28.5 Å². The van der Waals surface area contributed by atoms with Crippen molar-refractivity contribution < 1.29 is 4.79 Å². The van der Waals surface area contributed by atoms with Gasteiger partial charge in [-0.2, -0.15) is 0 Å². The fourth-order valence-electron chi connectivity index (χ4n) is 2.59. The van der Waals surface area contributed by atoms with Crippen molar-refractivity contribution in [3.63, 3.8) is 0 Å². The molecule has 0 spiro atoms. The summed E-state index contributed by atoms with van der Waals surface area (Å²) < 4.78 is 3.09. The van der Waals surface area contributed by atoms with Gasteiger partial charge in [-0.1, -0.05) is 15.9 Å². The van der Waals surface area contributed by atoms with Gasteiger partial charge in [0, 0.05) is 36.5 Å². The van der Waals surface area contributed by atoms with E-state index in [1.165, 1.54) is 0 Å². The van der Waals surface area contributed by atoms with E-state index in [9.17, 15) is 4.79 Å². The van der Waals surface area contributed by atoms with Gasteiger partial charge in [0.2, 0.25) is 0 Å². The number of amides is 1. The Bertz CT molecular complexity index is 667. The lowest BCUT2D eigenvalue weighted by Crippen LogP contribution is -2.30. The Morgan fingerprint density at radius 2 is 2.29 bits per heavy atom. The fourth-order valence-corrected chi connectivity index (χ4v) is 2.94. The first-order valence-corrected chi connectivity index (χ1v) is 7.81. The average Bonchev–Trinajstić information content (AvgIpc) is 2.87. The maximum absolute atomic E-state index is 12.1. The van der Waals surface area contributed by atoms with Crippen molar-refractivity contribution in [1.82, 2.24) is 14.9 Å². The first-order valence-electron chi connectivity index (χ1n) is 7.01. The highest BCUT2D eigenvalue weighted by atomic mass is 79.9. The number of nitrogens with one attached hydrogen (secondary N) is 1. The fraction of sp³-hybridized carbons (Fsp3) is 0.333. The van der Waals surface area contributed by atoms with E-state index in [0.29, 0.717) is 18.7 Å². The summed E-state index contributed by atoms with van der Waals surface area (Å²) >= 11 is 3.49. The number of fused-ring (bicyclic) bond motifs is 1. The van der Waals surface area contributed by atoms with Gasteiger partial charge < -0.3 is 14.8 Å². The second kappa shape index (κ2) is 5.89. The largest absolute Gasteiger partial charge is 0.362 e. The molecular formula is C15H17BrN4O. The van der Waals surface area contributed by atoms with Gasteiger partial charge in [-0.25, -0.2) is 4.98 Å². The molecule has 0 saturated heterocycles. The number of carbonyl (C=O) groups is 1. The van der Waals surface area contributed by atoms with Crippen molar-refractivity contribution >= 4 is 27.5 Å². The van der Waals surface area contributed by atoms with E-state index in [4.69, 9.17) is 0 Å². The molecule has 1 aromatic heterocycles. The SMILES string of the molecule is CCn1ccnc1CN1CCNC(=O)c2ccc(Br)cc21. The van der Waals surface area contributed by atoms with Crippen LogP contribution in [0.1, 0.15) is 23.1 Å². The number of nitrogens with zero attached hydrogens (tertiary/aromatic N) is 3. The molecule has 1 aliphatic rings. The van der Waals surface area contributed by atoms with Gasteiger partial charge in [0.1, 0.15) is 5.82 Å². The van der Waals surface area contributed by atoms with Gasteiger partial charge in [-0.15, -0.1) is 0 Å². The Balaban J connectivity index is 1.97. The molecule has 5 nitrogen and oxygen atoms in total. The molecule has 0 saturated carbocycles. The molecule has 0 aliphatic carbocycles. The summed E-state index contributed by atoms with van der Waals surface area (Å²) in [5, 5.41) is 2.94. The number of rotatable bonds is 3. The molecule has 6 heteroatoms. The highest BCUT2D eigenvalue weighted by Gasteiger charge is 2.21. The van der Waals surface area contributed by atoms with Gasteiger partial charge in [-0.05, 0) is 25.1 Å². The lowest BCUT2D eigenvalue weighted by Gasteiger charge is -2.24. The van der Waals surface area contributed by atoms with E-state index >= 15 is 0 Å². The molecule has 0 unspecified atom stereocenters. The third-order valence-corrected chi connectivity index (χ3v) is 4.18. The van der Waals surface area contributed by atoms with Crippen LogP contribution in [0.4, 0.5) is 5.69 Å². The molecule has 0 bridgehead atoms. The third-order valence-electron chi connectivity index (χ3n) is 3.69. The van der Waals surface area contributed by atoms with Crippen molar-refractivity contribution in [3.05, 3.63) is 46.5 Å². The predicted molar refractivity (Wildman–Crippen MR) is 85.4 cm³/mol. The van der Waals surface area contributed by atoms with Gasteiger partial charge in [0.15, 0.2) is 0 Å². The van der Waals surface area contributed by atoms with E-state index in [-0.39, 0.29) is 5.91 Å². The van der Waals surface area contributed by atoms with Crippen LogP contribution >= 0.6 is 15.9 Å². The van der Waals surface area contributed by atoms with Crippen LogP contribution < -0.4 is 10.2 Å². The van der Waals surface area contributed by atoms with Gasteiger partial charge in [0.25, 0.3) is 5.91 Å². The molecule has 0 fully saturated rings. The number of benzene rings is 1. The molecule has 2 aromatic rings. The van der Waals surface area contributed by atoms with Crippen LogP contribution in [0, 0.1) is 0 Å². The van der Waals surface area contributed by atoms with Crippen molar-refractivity contribution in [1.29, 1.82) is 0 Å². The van der Waals surface area contributed by atoms with Crippen LogP contribution in [0.15, 0.2) is 35.1 Å². The first-order chi connectivity index (χ1) is 10.2. The Morgan fingerprint density at radius 1 is 1.43 bits per heavy atom. The molecule has 1 aliphatic heterocycles. The summed E-state index contributed by atoms with van der Waals surface area (Å²) in [5.41, 5.74) is 1.66. The number of hydrogen-bond acceptors (Lipinski definition) is 3. The van der Waals surface area contributed by atoms with Crippen molar-refractivity contribution in [2.45, 2.75) is 20.0 Å². The molecular weight excluding hydrogens is 332 g/mol. The number of anilines is 1. The summed E-state index contributed by atoms with van der Waals surface area (Å²) in [6.07, 6.45) is 3.81. The molecule has 0 atom stereocenters. The van der Waals surface area contributed by atoms with Crippen LogP contribution in [0.5, 0.6) is 0 Å². The highest BCUT2D eigenvalue weighted by molar-refractivity contribution is 9.10. The molecule has 1 amide bonds. The summed E-state index contributed by atoms with van der Waals surface area (Å²) in [6.45, 7) is 5.10. The zero-order valence-corrected chi connectivity index (χ0v) is 13.4. The van der Waals surface area contributed by atoms with E-state index < -0.39 is 0 Å². The van der Waals surface area contributed by atoms with Gasteiger partial charge in [0.05, 0.1) is 17.8 Å². The molecule has 1 aromatic carbocycles. The smallest absolute Gasteiger partial charge is 0.253 e. The first kappa shape index (κ1) is 14.1. The Kier molecular flexibility index (Phi) is 3.96. The minimum absolute atomic E-state index is 0.0150. The van der Waals surface area contributed by atoms with Crippen molar-refractivity contribution in [2.24, 2.45) is 0 Å². The zero-order chi connectivity index (χ0) is 14.8.